The summed E-state index contributed by atoms with van der Waals surface area (Å²) < 4.78 is 24.7. The summed E-state index contributed by atoms with van der Waals surface area (Å²) in [6, 6.07) is 0. The lowest BCUT2D eigenvalue weighted by atomic mass is 10.1. The maximum atomic E-state index is 11.6. The van der Waals surface area contributed by atoms with Crippen molar-refractivity contribution in [3.8, 4) is 0 Å². The van der Waals surface area contributed by atoms with E-state index in [0.717, 1.165) is 0 Å². The third-order valence-electron chi connectivity index (χ3n) is 2.42. The molecule has 1 aliphatic heterocycles. The van der Waals surface area contributed by atoms with E-state index in [0.29, 0.717) is 38.9 Å². The second-order valence-electron chi connectivity index (χ2n) is 3.59. The fourth-order valence-corrected chi connectivity index (χ4v) is 3.07. The Labute approximate surface area is 84.9 Å². The van der Waals surface area contributed by atoms with E-state index in [9.17, 15) is 13.5 Å². The first-order valence-corrected chi connectivity index (χ1v) is 6.53. The van der Waals surface area contributed by atoms with Gasteiger partial charge in [0.25, 0.3) is 0 Å². The van der Waals surface area contributed by atoms with E-state index in [-0.39, 0.29) is 11.9 Å². The van der Waals surface area contributed by atoms with Gasteiger partial charge in [-0.3, -0.25) is 0 Å². The molecule has 0 radical (unpaired) electrons. The zero-order valence-corrected chi connectivity index (χ0v) is 9.04. The van der Waals surface area contributed by atoms with Crippen LogP contribution in [-0.2, 0) is 10.0 Å². The summed E-state index contributed by atoms with van der Waals surface area (Å²) in [5, 5.41) is 9.23. The summed E-state index contributed by atoms with van der Waals surface area (Å²) in [5.74, 6) is 0.125. The molecule has 0 amide bonds. The standard InChI is InChI=1S/C8H18N2O3S/c9-4-1-7-14(12,13)10-5-2-8(11)3-6-10/h8,11H,1-7,9H2. The molecular formula is C8H18N2O3S. The van der Waals surface area contributed by atoms with Crippen LogP contribution in [-0.4, -0.2) is 49.3 Å². The minimum Gasteiger partial charge on any atom is -0.393 e. The fraction of sp³-hybridized carbons (Fsp3) is 1.00. The van der Waals surface area contributed by atoms with Crippen LogP contribution in [0.1, 0.15) is 19.3 Å². The molecule has 1 fully saturated rings. The predicted octanol–water partition coefficient (Wildman–Crippen LogP) is -0.878. The summed E-state index contributed by atoms with van der Waals surface area (Å²) >= 11 is 0. The van der Waals surface area contributed by atoms with Crippen LogP contribution in [0.15, 0.2) is 0 Å². The highest BCUT2D eigenvalue weighted by Gasteiger charge is 2.26. The van der Waals surface area contributed by atoms with Gasteiger partial charge in [0.05, 0.1) is 11.9 Å². The molecule has 5 nitrogen and oxygen atoms in total. The molecule has 14 heavy (non-hydrogen) atoms. The molecule has 3 N–H and O–H groups in total. The minimum atomic E-state index is -3.13. The average molecular weight is 222 g/mol. The molecule has 0 spiro atoms. The SMILES string of the molecule is NCCCS(=O)(=O)N1CCC(O)CC1. The van der Waals surface area contributed by atoms with Gasteiger partial charge in [-0.15, -0.1) is 0 Å². The van der Waals surface area contributed by atoms with Crippen LogP contribution < -0.4 is 5.73 Å². The van der Waals surface area contributed by atoms with Crippen LogP contribution in [0.5, 0.6) is 0 Å². The van der Waals surface area contributed by atoms with Crippen molar-refractivity contribution in [2.45, 2.75) is 25.4 Å². The molecule has 6 heteroatoms. The highest BCUT2D eigenvalue weighted by Crippen LogP contribution is 2.14. The zero-order valence-electron chi connectivity index (χ0n) is 8.22. The molecule has 1 heterocycles. The van der Waals surface area contributed by atoms with Gasteiger partial charge >= 0.3 is 0 Å². The van der Waals surface area contributed by atoms with Gasteiger partial charge in [-0.1, -0.05) is 0 Å². The highest BCUT2D eigenvalue weighted by molar-refractivity contribution is 7.89. The first kappa shape index (κ1) is 11.9. The maximum absolute atomic E-state index is 11.6. The zero-order chi connectivity index (χ0) is 10.6. The van der Waals surface area contributed by atoms with E-state index >= 15 is 0 Å². The molecule has 0 aromatic rings. The number of nitrogens with two attached hydrogens (primary N) is 1. The van der Waals surface area contributed by atoms with Gasteiger partial charge in [-0.2, -0.15) is 0 Å². The first-order chi connectivity index (χ1) is 6.56. The number of piperidine rings is 1. The summed E-state index contributed by atoms with van der Waals surface area (Å²) in [7, 11) is -3.13. The Bertz CT molecular complexity index is 258. The monoisotopic (exact) mass is 222 g/mol. The lowest BCUT2D eigenvalue weighted by Gasteiger charge is -2.28. The predicted molar refractivity (Wildman–Crippen MR) is 54.3 cm³/mol. The number of hydrogen-bond donors (Lipinski definition) is 2. The molecule has 1 saturated heterocycles. The average Bonchev–Trinajstić information content (AvgIpc) is 2.16. The molecule has 0 saturated carbocycles. The topological polar surface area (TPSA) is 83.6 Å². The van der Waals surface area contributed by atoms with Crippen molar-refractivity contribution in [3.05, 3.63) is 0 Å². The number of hydrogen-bond acceptors (Lipinski definition) is 4. The molecule has 0 aliphatic carbocycles. The van der Waals surface area contributed by atoms with Crippen molar-refractivity contribution in [1.82, 2.24) is 4.31 Å². The number of rotatable bonds is 4. The maximum Gasteiger partial charge on any atom is 0.214 e. The van der Waals surface area contributed by atoms with Gasteiger partial charge in [-0.25, -0.2) is 12.7 Å². The molecule has 1 rings (SSSR count). The quantitative estimate of drug-likeness (QED) is 0.647. The first-order valence-electron chi connectivity index (χ1n) is 4.92. The number of nitrogens with zero attached hydrogens (tertiary/aromatic N) is 1. The Kier molecular flexibility index (Phi) is 4.31. The molecule has 1 aliphatic rings. The number of sulfonamides is 1. The van der Waals surface area contributed by atoms with E-state index in [1.54, 1.807) is 0 Å². The van der Waals surface area contributed by atoms with Crippen molar-refractivity contribution in [2.75, 3.05) is 25.4 Å². The van der Waals surface area contributed by atoms with Crippen LogP contribution in [0.3, 0.4) is 0 Å². The molecule has 84 valence electrons. The molecule has 0 unspecified atom stereocenters. The smallest absolute Gasteiger partial charge is 0.214 e. The Morgan fingerprint density at radius 2 is 1.93 bits per heavy atom. The van der Waals surface area contributed by atoms with Crippen LogP contribution in [0.2, 0.25) is 0 Å². The summed E-state index contributed by atoms with van der Waals surface area (Å²) in [4.78, 5) is 0. The van der Waals surface area contributed by atoms with Crippen molar-refractivity contribution in [2.24, 2.45) is 5.73 Å². The van der Waals surface area contributed by atoms with Gasteiger partial charge in [0.1, 0.15) is 0 Å². The summed E-state index contributed by atoms with van der Waals surface area (Å²) in [5.41, 5.74) is 5.26. The second-order valence-corrected chi connectivity index (χ2v) is 5.68. The molecule has 0 bridgehead atoms. The van der Waals surface area contributed by atoms with Crippen LogP contribution in [0, 0.1) is 0 Å². The van der Waals surface area contributed by atoms with Gasteiger partial charge in [0.15, 0.2) is 0 Å². The molecular weight excluding hydrogens is 204 g/mol. The van der Waals surface area contributed by atoms with Crippen LogP contribution >= 0.6 is 0 Å². The van der Waals surface area contributed by atoms with Gasteiger partial charge in [-0.05, 0) is 25.8 Å². The molecule has 0 atom stereocenters. The van der Waals surface area contributed by atoms with Crippen molar-refractivity contribution < 1.29 is 13.5 Å². The normalized spacial score (nSPS) is 21.3. The summed E-state index contributed by atoms with van der Waals surface area (Å²) in [6.45, 7) is 1.28. The summed E-state index contributed by atoms with van der Waals surface area (Å²) in [6.07, 6.45) is 1.25. The van der Waals surface area contributed by atoms with Gasteiger partial charge < -0.3 is 10.8 Å². The van der Waals surface area contributed by atoms with Crippen molar-refractivity contribution >= 4 is 10.0 Å². The lowest BCUT2D eigenvalue weighted by molar-refractivity contribution is 0.113. The third kappa shape index (κ3) is 3.20. The van der Waals surface area contributed by atoms with E-state index in [1.165, 1.54) is 4.31 Å². The Morgan fingerprint density at radius 3 is 2.43 bits per heavy atom. The lowest BCUT2D eigenvalue weighted by Crippen LogP contribution is -2.41. The Balaban J connectivity index is 2.47. The van der Waals surface area contributed by atoms with E-state index < -0.39 is 10.0 Å². The Hall–Kier alpha value is -0.170. The molecule has 0 aromatic carbocycles. The number of aliphatic hydroxyl groups excluding tert-OH is 1. The minimum absolute atomic E-state index is 0.125. The third-order valence-corrected chi connectivity index (χ3v) is 4.38. The molecule has 0 aromatic heterocycles. The van der Waals surface area contributed by atoms with E-state index in [2.05, 4.69) is 0 Å². The van der Waals surface area contributed by atoms with E-state index in [1.807, 2.05) is 0 Å². The van der Waals surface area contributed by atoms with Gasteiger partial charge in [0.2, 0.25) is 10.0 Å². The van der Waals surface area contributed by atoms with Crippen molar-refractivity contribution in [1.29, 1.82) is 0 Å². The largest absolute Gasteiger partial charge is 0.393 e. The van der Waals surface area contributed by atoms with Crippen LogP contribution in [0.4, 0.5) is 0 Å². The van der Waals surface area contributed by atoms with Crippen LogP contribution in [0.25, 0.3) is 0 Å². The van der Waals surface area contributed by atoms with Crippen molar-refractivity contribution in [3.63, 3.8) is 0 Å². The van der Waals surface area contributed by atoms with Gasteiger partial charge in [0, 0.05) is 13.1 Å². The fourth-order valence-electron chi connectivity index (χ4n) is 1.52. The Morgan fingerprint density at radius 1 is 1.36 bits per heavy atom. The number of aliphatic hydroxyl groups is 1. The highest BCUT2D eigenvalue weighted by atomic mass is 32.2. The second kappa shape index (κ2) is 5.06. The van der Waals surface area contributed by atoms with E-state index in [4.69, 9.17) is 5.73 Å².